The van der Waals surface area contributed by atoms with E-state index in [1.807, 2.05) is 42.5 Å². The van der Waals surface area contributed by atoms with Crippen LogP contribution in [0.3, 0.4) is 0 Å². The third-order valence-corrected chi connectivity index (χ3v) is 4.09. The Balaban J connectivity index is 2.04. The van der Waals surface area contributed by atoms with Crippen molar-refractivity contribution in [2.24, 2.45) is 11.1 Å². The molecule has 0 aliphatic carbocycles. The lowest BCUT2D eigenvalue weighted by Crippen LogP contribution is -2.31. The molecule has 2 aromatic heterocycles. The van der Waals surface area contributed by atoms with Gasteiger partial charge in [0.1, 0.15) is 5.82 Å². The molecule has 0 unspecified atom stereocenters. The van der Waals surface area contributed by atoms with E-state index in [0.717, 1.165) is 40.2 Å². The van der Waals surface area contributed by atoms with Crippen LogP contribution in [-0.2, 0) is 0 Å². The largest absolute Gasteiger partial charge is 0.399 e. The molecule has 3 aromatic rings. The molecule has 5 N–H and O–H groups in total. The number of hydrogen-bond donors (Lipinski definition) is 3. The zero-order valence-electron chi connectivity index (χ0n) is 14.1. The summed E-state index contributed by atoms with van der Waals surface area (Å²) in [5.41, 5.74) is 15.1. The first-order chi connectivity index (χ1) is 11.5. The maximum Gasteiger partial charge on any atom is 0.136 e. The summed E-state index contributed by atoms with van der Waals surface area (Å²) in [7, 11) is 0. The van der Waals surface area contributed by atoms with E-state index in [2.05, 4.69) is 24.1 Å². The first kappa shape index (κ1) is 16.2. The molecule has 5 nitrogen and oxygen atoms in total. The zero-order valence-corrected chi connectivity index (χ0v) is 14.1. The Morgan fingerprint density at radius 2 is 1.88 bits per heavy atom. The zero-order chi connectivity index (χ0) is 17.2. The minimum Gasteiger partial charge on any atom is -0.399 e. The summed E-state index contributed by atoms with van der Waals surface area (Å²) in [5, 5.41) is 4.45. The molecule has 2 heterocycles. The lowest BCUT2D eigenvalue weighted by Gasteiger charge is -2.23. The standard InChI is InChI=1S/C19H23N5/c1-19(2,11-20)12-23-18-15-4-3-9-22-17(15)10-16(24-18)13-5-7-14(21)8-6-13/h3-10H,11-12,20-21H2,1-2H3,(H,23,24). The molecule has 0 aliphatic rings. The Bertz CT molecular complexity index is 840. The third kappa shape index (κ3) is 3.46. The van der Waals surface area contributed by atoms with Gasteiger partial charge in [0.05, 0.1) is 11.2 Å². The number of nitrogens with zero attached hydrogens (tertiary/aromatic N) is 2. The van der Waals surface area contributed by atoms with Gasteiger partial charge in [-0.05, 0) is 42.3 Å². The maximum atomic E-state index is 5.83. The Hall–Kier alpha value is -2.66. The normalized spacial score (nSPS) is 11.6. The smallest absolute Gasteiger partial charge is 0.136 e. The van der Waals surface area contributed by atoms with Crippen LogP contribution in [0.15, 0.2) is 48.7 Å². The number of aromatic nitrogens is 2. The summed E-state index contributed by atoms with van der Waals surface area (Å²) in [6.45, 7) is 5.61. The van der Waals surface area contributed by atoms with Gasteiger partial charge in [-0.15, -0.1) is 0 Å². The molecule has 24 heavy (non-hydrogen) atoms. The van der Waals surface area contributed by atoms with E-state index in [1.54, 1.807) is 6.20 Å². The molecular weight excluding hydrogens is 298 g/mol. The van der Waals surface area contributed by atoms with Crippen molar-refractivity contribution in [2.45, 2.75) is 13.8 Å². The quantitative estimate of drug-likeness (QED) is 0.627. The van der Waals surface area contributed by atoms with Gasteiger partial charge in [-0.2, -0.15) is 0 Å². The minimum absolute atomic E-state index is 0.00653. The van der Waals surface area contributed by atoms with Gasteiger partial charge in [0.25, 0.3) is 0 Å². The summed E-state index contributed by atoms with van der Waals surface area (Å²) in [6, 6.07) is 13.7. The summed E-state index contributed by atoms with van der Waals surface area (Å²) < 4.78 is 0. The van der Waals surface area contributed by atoms with Crippen LogP contribution in [0.1, 0.15) is 13.8 Å². The van der Waals surface area contributed by atoms with Crippen LogP contribution in [0.25, 0.3) is 22.2 Å². The van der Waals surface area contributed by atoms with Gasteiger partial charge in [-0.3, -0.25) is 4.98 Å². The molecule has 0 spiro atoms. The van der Waals surface area contributed by atoms with Gasteiger partial charge in [-0.25, -0.2) is 4.98 Å². The summed E-state index contributed by atoms with van der Waals surface area (Å²) in [6.07, 6.45) is 1.79. The number of rotatable bonds is 5. The topological polar surface area (TPSA) is 89.8 Å². The van der Waals surface area contributed by atoms with E-state index in [0.29, 0.717) is 6.54 Å². The Morgan fingerprint density at radius 3 is 2.58 bits per heavy atom. The van der Waals surface area contributed by atoms with E-state index in [-0.39, 0.29) is 5.41 Å². The fourth-order valence-electron chi connectivity index (χ4n) is 2.41. The van der Waals surface area contributed by atoms with Crippen molar-refractivity contribution in [1.82, 2.24) is 9.97 Å². The van der Waals surface area contributed by atoms with Crippen LogP contribution in [0.5, 0.6) is 0 Å². The van der Waals surface area contributed by atoms with Gasteiger partial charge in [0.15, 0.2) is 0 Å². The van der Waals surface area contributed by atoms with Crippen LogP contribution in [0.2, 0.25) is 0 Å². The molecule has 1 aromatic carbocycles. The number of fused-ring (bicyclic) bond motifs is 1. The summed E-state index contributed by atoms with van der Waals surface area (Å²) >= 11 is 0. The van der Waals surface area contributed by atoms with E-state index in [4.69, 9.17) is 16.5 Å². The number of nitrogens with one attached hydrogen (secondary N) is 1. The highest BCUT2D eigenvalue weighted by Gasteiger charge is 2.16. The molecule has 0 aliphatic heterocycles. The number of pyridine rings is 2. The fourth-order valence-corrected chi connectivity index (χ4v) is 2.41. The number of nitrogens with two attached hydrogens (primary N) is 2. The second-order valence-electron chi connectivity index (χ2n) is 6.77. The van der Waals surface area contributed by atoms with Crippen molar-refractivity contribution in [1.29, 1.82) is 0 Å². The van der Waals surface area contributed by atoms with Crippen LogP contribution in [0.4, 0.5) is 11.5 Å². The van der Waals surface area contributed by atoms with E-state index < -0.39 is 0 Å². The highest BCUT2D eigenvalue weighted by Crippen LogP contribution is 2.28. The molecule has 0 bridgehead atoms. The van der Waals surface area contributed by atoms with Crippen LogP contribution in [0, 0.1) is 5.41 Å². The average Bonchev–Trinajstić information content (AvgIpc) is 2.60. The predicted octanol–water partition coefficient (Wildman–Crippen LogP) is 3.28. The predicted molar refractivity (Wildman–Crippen MR) is 101 cm³/mol. The van der Waals surface area contributed by atoms with Crippen molar-refractivity contribution in [2.75, 3.05) is 24.1 Å². The van der Waals surface area contributed by atoms with Gasteiger partial charge >= 0.3 is 0 Å². The second-order valence-corrected chi connectivity index (χ2v) is 6.77. The van der Waals surface area contributed by atoms with Gasteiger partial charge in [0.2, 0.25) is 0 Å². The van der Waals surface area contributed by atoms with E-state index in [9.17, 15) is 0 Å². The maximum absolute atomic E-state index is 5.83. The van der Waals surface area contributed by atoms with Gasteiger partial charge in [-0.1, -0.05) is 26.0 Å². The molecule has 0 saturated heterocycles. The van der Waals surface area contributed by atoms with Crippen molar-refractivity contribution >= 4 is 22.4 Å². The first-order valence-electron chi connectivity index (χ1n) is 8.04. The first-order valence-corrected chi connectivity index (χ1v) is 8.04. The monoisotopic (exact) mass is 321 g/mol. The number of hydrogen-bond acceptors (Lipinski definition) is 5. The van der Waals surface area contributed by atoms with Crippen molar-refractivity contribution in [3.05, 3.63) is 48.7 Å². The molecule has 0 amide bonds. The molecule has 0 radical (unpaired) electrons. The summed E-state index contributed by atoms with van der Waals surface area (Å²) in [5.74, 6) is 0.828. The Morgan fingerprint density at radius 1 is 1.12 bits per heavy atom. The summed E-state index contributed by atoms with van der Waals surface area (Å²) in [4.78, 5) is 9.29. The SMILES string of the molecule is CC(C)(CN)CNc1nc(-c2ccc(N)cc2)cc2ncccc12. The lowest BCUT2D eigenvalue weighted by atomic mass is 9.94. The highest BCUT2D eigenvalue weighted by molar-refractivity contribution is 5.92. The van der Waals surface area contributed by atoms with Crippen molar-refractivity contribution in [3.63, 3.8) is 0 Å². The third-order valence-electron chi connectivity index (χ3n) is 4.09. The lowest BCUT2D eigenvalue weighted by molar-refractivity contribution is 0.405. The van der Waals surface area contributed by atoms with Crippen molar-refractivity contribution in [3.8, 4) is 11.3 Å². The number of nitrogen functional groups attached to an aromatic ring is 1. The number of benzene rings is 1. The van der Waals surface area contributed by atoms with Gasteiger partial charge in [0, 0.05) is 29.4 Å². The molecule has 0 atom stereocenters. The number of anilines is 2. The average molecular weight is 321 g/mol. The fraction of sp³-hybridized carbons (Fsp3) is 0.263. The molecular formula is C19H23N5. The van der Waals surface area contributed by atoms with Crippen molar-refractivity contribution < 1.29 is 0 Å². The molecule has 5 heteroatoms. The van der Waals surface area contributed by atoms with Crippen LogP contribution in [-0.4, -0.2) is 23.1 Å². The minimum atomic E-state index is -0.00653. The molecule has 3 rings (SSSR count). The molecule has 124 valence electrons. The molecule has 0 fully saturated rings. The second kappa shape index (κ2) is 6.45. The highest BCUT2D eigenvalue weighted by atomic mass is 15.0. The van der Waals surface area contributed by atoms with Crippen LogP contribution < -0.4 is 16.8 Å². The van der Waals surface area contributed by atoms with Crippen LogP contribution >= 0.6 is 0 Å². The Kier molecular flexibility index (Phi) is 4.36. The van der Waals surface area contributed by atoms with E-state index in [1.165, 1.54) is 0 Å². The molecule has 0 saturated carbocycles. The van der Waals surface area contributed by atoms with E-state index >= 15 is 0 Å². The Labute approximate surface area is 142 Å². The van der Waals surface area contributed by atoms with Gasteiger partial charge < -0.3 is 16.8 Å².